The molecule has 0 spiro atoms. The number of hydrogen-bond acceptors (Lipinski definition) is 0. The molecular weight excluding hydrogens is 1440 g/mol. The van der Waals surface area contributed by atoms with E-state index in [1.165, 1.54) is 26.4 Å². The van der Waals surface area contributed by atoms with Crippen LogP contribution in [0.2, 0.25) is 0 Å². The molecule has 0 nitrogen and oxygen atoms in total. The monoisotopic (exact) mass is 1500 g/mol. The van der Waals surface area contributed by atoms with Gasteiger partial charge in [-0.15, -0.1) is 0 Å². The van der Waals surface area contributed by atoms with E-state index in [0.717, 1.165) is 0 Å². The van der Waals surface area contributed by atoms with E-state index in [4.69, 9.17) is 0 Å². The first kappa shape index (κ1) is 58.6. The van der Waals surface area contributed by atoms with Gasteiger partial charge >= 0.3 is 255 Å². The van der Waals surface area contributed by atoms with Crippen LogP contribution in [0, 0.1) is 0 Å². The van der Waals surface area contributed by atoms with Crippen molar-refractivity contribution in [2.75, 3.05) is 60.0 Å². The van der Waals surface area contributed by atoms with E-state index in [9.17, 15) is 0 Å². The Kier molecular flexibility index (Phi) is 43.5. The number of hydrogen-bond donors (Lipinski definition) is 0. The van der Waals surface area contributed by atoms with Crippen molar-refractivity contribution in [1.82, 2.24) is 0 Å². The second kappa shape index (κ2) is 40.1. The van der Waals surface area contributed by atoms with Crippen LogP contribution in [0.5, 0.6) is 0 Å². The summed E-state index contributed by atoms with van der Waals surface area (Å²) in [5, 5.41) is 0. The average Bonchev–Trinajstić information content (AvgIpc) is 3.11. The van der Waals surface area contributed by atoms with E-state index in [-0.39, 0.29) is 133 Å². The van der Waals surface area contributed by atoms with Crippen LogP contribution in [-0.2, 0) is 63.2 Å². The van der Waals surface area contributed by atoms with E-state index in [0.29, 0.717) is 0 Å². The summed E-state index contributed by atoms with van der Waals surface area (Å²) in [7, 11) is 0.361. The standard InChI is InChI=1S/3C12H10Ge.3C3H9P.3Pt/c3*1-3-7-11(8-4-1)13-12-9-5-2-6-10-12;3*1-4(2)3;;;/h3*1-10H;3*1-3H3;;;/p+3. The van der Waals surface area contributed by atoms with E-state index in [2.05, 4.69) is 242 Å². The zero-order valence-corrected chi connectivity index (χ0v) is 49.4. The molecule has 0 saturated heterocycles. The fourth-order valence-corrected chi connectivity index (χ4v) is 10.2. The van der Waals surface area contributed by atoms with E-state index in [1.807, 2.05) is 0 Å². The molecule has 0 aromatic heterocycles. The normalized spacial score (nSPS) is 9.11. The van der Waals surface area contributed by atoms with Crippen LogP contribution >= 0.6 is 23.8 Å². The van der Waals surface area contributed by atoms with Gasteiger partial charge in [0.2, 0.25) is 0 Å². The van der Waals surface area contributed by atoms with Crippen LogP contribution in [0.1, 0.15) is 0 Å². The van der Waals surface area contributed by atoms with E-state index >= 15 is 0 Å². The van der Waals surface area contributed by atoms with Gasteiger partial charge in [0.1, 0.15) is 0 Å². The third-order valence-corrected chi connectivity index (χ3v) is 13.3. The molecule has 6 aromatic carbocycles. The number of benzene rings is 6. The molecule has 0 atom stereocenters. The molecule has 0 unspecified atom stereocenters. The summed E-state index contributed by atoms with van der Waals surface area (Å²) in [5.41, 5.74) is 0. The Morgan fingerprint density at radius 3 is 0.407 bits per heavy atom. The van der Waals surface area contributed by atoms with Crippen LogP contribution in [0.25, 0.3) is 0 Å². The molecule has 9 heteroatoms. The Balaban J connectivity index is -0.000000614. The van der Waals surface area contributed by atoms with Gasteiger partial charge in [-0.25, -0.2) is 0 Å². The molecule has 0 aliphatic carbocycles. The van der Waals surface area contributed by atoms with Crippen molar-refractivity contribution < 1.29 is 63.2 Å². The summed E-state index contributed by atoms with van der Waals surface area (Å²) < 4.78 is 8.97. The zero-order valence-electron chi connectivity index (χ0n) is 33.3. The third kappa shape index (κ3) is 37.9. The van der Waals surface area contributed by atoms with Crippen molar-refractivity contribution in [2.24, 2.45) is 0 Å². The molecule has 6 aromatic rings. The Labute approximate surface area is 396 Å². The van der Waals surface area contributed by atoms with Crippen molar-refractivity contribution in [1.29, 1.82) is 0 Å². The third-order valence-electron chi connectivity index (χ3n) is 5.51. The Morgan fingerprint density at radius 2 is 0.315 bits per heavy atom. The molecule has 54 heavy (non-hydrogen) atoms. The fourth-order valence-electron chi connectivity index (χ4n) is 3.63. The quantitative estimate of drug-likeness (QED) is 0.122. The molecule has 0 aliphatic heterocycles. The topological polar surface area (TPSA) is 0 Å². The molecule has 0 bridgehead atoms. The minimum absolute atomic E-state index is 0. The molecule has 6 rings (SSSR count). The van der Waals surface area contributed by atoms with Crippen molar-refractivity contribution in [3.8, 4) is 0 Å². The van der Waals surface area contributed by atoms with Crippen LogP contribution < -0.4 is 26.4 Å². The summed E-state index contributed by atoms with van der Waals surface area (Å²) >= 11 is -0.323. The molecule has 0 amide bonds. The van der Waals surface area contributed by atoms with E-state index in [1.54, 1.807) is 0 Å². The van der Waals surface area contributed by atoms with Crippen LogP contribution in [-0.4, -0.2) is 106 Å². The van der Waals surface area contributed by atoms with Gasteiger partial charge in [-0.05, 0) is 23.8 Å². The Bertz CT molecular complexity index is 1290. The first-order valence-electron chi connectivity index (χ1n) is 17.5. The zero-order chi connectivity index (χ0) is 37.5. The van der Waals surface area contributed by atoms with Gasteiger partial charge < -0.3 is 0 Å². The van der Waals surface area contributed by atoms with E-state index < -0.39 is 0 Å². The van der Waals surface area contributed by atoms with Crippen LogP contribution in [0.15, 0.2) is 182 Å². The molecule has 0 N–H and O–H groups in total. The van der Waals surface area contributed by atoms with Crippen molar-refractivity contribution in [3.05, 3.63) is 182 Å². The maximum atomic E-state index is 2.27. The molecular formula is C45H60Ge3P3Pt3+3. The molecule has 0 heterocycles. The Hall–Kier alpha value is 0.304. The van der Waals surface area contributed by atoms with Crippen LogP contribution in [0.3, 0.4) is 0 Å². The van der Waals surface area contributed by atoms with Crippen LogP contribution in [0.4, 0.5) is 0 Å². The second-order valence-electron chi connectivity index (χ2n) is 13.1. The van der Waals surface area contributed by atoms with Gasteiger partial charge in [-0.3, -0.25) is 0 Å². The molecule has 6 radical (unpaired) electrons. The first-order chi connectivity index (χ1) is 24.5. The van der Waals surface area contributed by atoms with Crippen molar-refractivity contribution >= 4 is 96.4 Å². The van der Waals surface area contributed by atoms with Gasteiger partial charge in [0.15, 0.2) is 0 Å². The molecule has 0 fully saturated rings. The molecule has 294 valence electrons. The summed E-state index contributed by atoms with van der Waals surface area (Å²) in [5.74, 6) is 0. The summed E-state index contributed by atoms with van der Waals surface area (Å²) in [6.45, 7) is 20.4. The Morgan fingerprint density at radius 1 is 0.222 bits per heavy atom. The van der Waals surface area contributed by atoms with Gasteiger partial charge in [-0.2, -0.15) is 0 Å². The SMILES string of the molecule is C[PH+](C)C.C[PH+](C)C.C[PH+](C)C.[Pt].[Pt].[Pt].c1cc[c]([Ge][c]2ccccc2)cc1.c1cc[c]([Ge][c]2ccccc2)cc1.c1cc[c]([Ge][c]2ccccc2)cc1. The minimum atomic E-state index is -0.108. The summed E-state index contributed by atoms with van der Waals surface area (Å²) in [4.78, 5) is 0. The predicted octanol–water partition coefficient (Wildman–Crippen LogP) is 7.29. The fraction of sp³-hybridized carbons (Fsp3) is 0.200. The predicted molar refractivity (Wildman–Crippen MR) is 252 cm³/mol. The van der Waals surface area contributed by atoms with Crippen molar-refractivity contribution in [3.63, 3.8) is 0 Å². The van der Waals surface area contributed by atoms with Gasteiger partial charge in [-0.1, -0.05) is 0 Å². The average molecular weight is 1500 g/mol. The first-order valence-corrected chi connectivity index (χ1v) is 32.8. The number of rotatable bonds is 6. The molecule has 0 aliphatic rings. The van der Waals surface area contributed by atoms with Gasteiger partial charge in [0.05, 0.1) is 0 Å². The maximum absolute atomic E-state index is 2.27. The van der Waals surface area contributed by atoms with Gasteiger partial charge in [0.25, 0.3) is 0 Å². The summed E-state index contributed by atoms with van der Waals surface area (Å²) in [6.07, 6.45) is 0. The summed E-state index contributed by atoms with van der Waals surface area (Å²) in [6, 6.07) is 64.4. The van der Waals surface area contributed by atoms with Gasteiger partial charge in [0, 0.05) is 123 Å². The second-order valence-corrected chi connectivity index (χ2v) is 30.9. The molecule has 0 saturated carbocycles. The van der Waals surface area contributed by atoms with Crippen molar-refractivity contribution in [2.45, 2.75) is 0 Å².